The Morgan fingerprint density at radius 3 is 2.55 bits per heavy atom. The fraction of sp³-hybridized carbons (Fsp3) is 0.562. The molecule has 1 fully saturated rings. The Kier molecular flexibility index (Phi) is 3.67. The summed E-state index contributed by atoms with van der Waals surface area (Å²) in [6, 6.07) is 0. The summed E-state index contributed by atoms with van der Waals surface area (Å²) >= 11 is 0. The molecule has 4 nitrogen and oxygen atoms in total. The van der Waals surface area contributed by atoms with Crippen LogP contribution in [-0.4, -0.2) is 23.6 Å². The molecule has 1 saturated carbocycles. The number of hydrogen-bond acceptors (Lipinski definition) is 4. The van der Waals surface area contributed by atoms with Gasteiger partial charge in [0, 0.05) is 18.3 Å². The van der Waals surface area contributed by atoms with Crippen molar-refractivity contribution in [3.63, 3.8) is 0 Å². The first kappa shape index (κ1) is 14.7. The minimum atomic E-state index is -0.396. The van der Waals surface area contributed by atoms with Crippen LogP contribution in [0, 0.1) is 11.3 Å². The molecule has 2 aliphatic rings. The summed E-state index contributed by atoms with van der Waals surface area (Å²) < 4.78 is 5.37. The van der Waals surface area contributed by atoms with Crippen LogP contribution < -0.4 is 0 Å². The Bertz CT molecular complexity index is 541. The van der Waals surface area contributed by atoms with Crippen molar-refractivity contribution in [2.75, 3.05) is 0 Å². The molecular formula is C16H20O4. The van der Waals surface area contributed by atoms with Crippen molar-refractivity contribution in [3.05, 3.63) is 23.3 Å². The largest absolute Gasteiger partial charge is 0.462 e. The van der Waals surface area contributed by atoms with Crippen molar-refractivity contribution in [1.82, 2.24) is 0 Å². The molecule has 0 aromatic heterocycles. The highest BCUT2D eigenvalue weighted by Gasteiger charge is 2.45. The molecule has 20 heavy (non-hydrogen) atoms. The minimum absolute atomic E-state index is 0.0360. The summed E-state index contributed by atoms with van der Waals surface area (Å²) in [5.74, 6) is -0.675. The Hall–Kier alpha value is -1.71. The number of ether oxygens (including phenoxy) is 1. The van der Waals surface area contributed by atoms with E-state index in [1.807, 2.05) is 13.8 Å². The summed E-state index contributed by atoms with van der Waals surface area (Å²) in [7, 11) is 0. The molecule has 3 atom stereocenters. The van der Waals surface area contributed by atoms with Crippen LogP contribution in [0.2, 0.25) is 0 Å². The van der Waals surface area contributed by atoms with Gasteiger partial charge in [-0.25, -0.2) is 0 Å². The number of hydrogen-bond donors (Lipinski definition) is 0. The van der Waals surface area contributed by atoms with Crippen LogP contribution in [0.5, 0.6) is 0 Å². The molecule has 4 heteroatoms. The van der Waals surface area contributed by atoms with E-state index in [9.17, 15) is 14.4 Å². The summed E-state index contributed by atoms with van der Waals surface area (Å²) in [4.78, 5) is 34.7. The highest BCUT2D eigenvalue weighted by atomic mass is 16.5. The van der Waals surface area contributed by atoms with E-state index in [0.29, 0.717) is 6.42 Å². The number of carbonyl (C=O) groups is 3. The standard InChI is InChI=1S/C16H20O4/c1-9-15(20-11(3)18)6-5-12-7-14(19)13(10(2)17)8-16(9,12)4/h7-9,15H,5-6H2,1-4H3. The molecule has 2 aliphatic carbocycles. The second-order valence-corrected chi connectivity index (χ2v) is 5.91. The first-order valence-corrected chi connectivity index (χ1v) is 6.92. The Balaban J connectivity index is 2.38. The van der Waals surface area contributed by atoms with E-state index in [1.54, 1.807) is 12.2 Å². The number of allylic oxidation sites excluding steroid dienone is 4. The van der Waals surface area contributed by atoms with Gasteiger partial charge in [-0.05, 0) is 25.8 Å². The van der Waals surface area contributed by atoms with Gasteiger partial charge in [-0.2, -0.15) is 0 Å². The molecule has 108 valence electrons. The van der Waals surface area contributed by atoms with E-state index in [2.05, 4.69) is 0 Å². The van der Waals surface area contributed by atoms with Gasteiger partial charge in [-0.15, -0.1) is 0 Å². The predicted octanol–water partition coefficient (Wildman–Crippen LogP) is 2.38. The summed E-state index contributed by atoms with van der Waals surface area (Å²) in [6.45, 7) is 6.82. The smallest absolute Gasteiger partial charge is 0.302 e. The van der Waals surface area contributed by atoms with Crippen molar-refractivity contribution in [3.8, 4) is 0 Å². The highest BCUT2D eigenvalue weighted by molar-refractivity contribution is 6.24. The van der Waals surface area contributed by atoms with Crippen LogP contribution in [-0.2, 0) is 19.1 Å². The van der Waals surface area contributed by atoms with E-state index in [-0.39, 0.29) is 35.1 Å². The predicted molar refractivity (Wildman–Crippen MR) is 73.9 cm³/mol. The molecule has 0 bridgehead atoms. The van der Waals surface area contributed by atoms with Crippen molar-refractivity contribution in [2.45, 2.75) is 46.6 Å². The minimum Gasteiger partial charge on any atom is -0.462 e. The Labute approximate surface area is 118 Å². The number of ketones is 2. The van der Waals surface area contributed by atoms with Crippen LogP contribution in [0.4, 0.5) is 0 Å². The van der Waals surface area contributed by atoms with Crippen LogP contribution in [0.1, 0.15) is 40.5 Å². The first-order valence-electron chi connectivity index (χ1n) is 6.92. The molecule has 0 aliphatic heterocycles. The van der Waals surface area contributed by atoms with Gasteiger partial charge < -0.3 is 4.74 Å². The molecule has 2 rings (SSSR count). The first-order chi connectivity index (χ1) is 9.25. The Morgan fingerprint density at radius 2 is 2.00 bits per heavy atom. The number of rotatable bonds is 2. The van der Waals surface area contributed by atoms with Gasteiger partial charge in [0.1, 0.15) is 6.10 Å². The monoisotopic (exact) mass is 276 g/mol. The zero-order chi connectivity index (χ0) is 15.1. The molecule has 0 aromatic carbocycles. The lowest BCUT2D eigenvalue weighted by molar-refractivity contribution is -0.152. The molecule has 0 spiro atoms. The lowest BCUT2D eigenvalue weighted by atomic mass is 9.61. The number of carbonyl (C=O) groups excluding carboxylic acids is 3. The van der Waals surface area contributed by atoms with E-state index < -0.39 is 5.41 Å². The third-order valence-electron chi connectivity index (χ3n) is 4.61. The third kappa shape index (κ3) is 2.35. The van der Waals surface area contributed by atoms with Gasteiger partial charge in [0.15, 0.2) is 11.6 Å². The summed E-state index contributed by atoms with van der Waals surface area (Å²) in [5, 5.41) is 0. The van der Waals surface area contributed by atoms with E-state index >= 15 is 0 Å². The maximum absolute atomic E-state index is 11.9. The molecule has 0 heterocycles. The summed E-state index contributed by atoms with van der Waals surface area (Å²) in [5.41, 5.74) is 0.878. The van der Waals surface area contributed by atoms with Crippen molar-refractivity contribution >= 4 is 17.5 Å². The number of esters is 1. The molecule has 3 unspecified atom stereocenters. The van der Waals surface area contributed by atoms with Gasteiger partial charge >= 0.3 is 5.97 Å². The molecule has 0 aromatic rings. The van der Waals surface area contributed by atoms with Gasteiger partial charge in [0.2, 0.25) is 0 Å². The molecule has 0 N–H and O–H groups in total. The van der Waals surface area contributed by atoms with Crippen molar-refractivity contribution in [2.24, 2.45) is 11.3 Å². The second-order valence-electron chi connectivity index (χ2n) is 5.91. The van der Waals surface area contributed by atoms with Crippen LogP contribution in [0.15, 0.2) is 23.3 Å². The third-order valence-corrected chi connectivity index (χ3v) is 4.61. The maximum Gasteiger partial charge on any atom is 0.302 e. The molecule has 0 amide bonds. The summed E-state index contributed by atoms with van der Waals surface area (Å²) in [6.07, 6.45) is 4.63. The lowest BCUT2D eigenvalue weighted by Gasteiger charge is -2.45. The molecule has 0 radical (unpaired) electrons. The van der Waals surface area contributed by atoms with E-state index in [1.165, 1.54) is 13.8 Å². The van der Waals surface area contributed by atoms with Crippen LogP contribution in [0.25, 0.3) is 0 Å². The zero-order valence-electron chi connectivity index (χ0n) is 12.4. The molecular weight excluding hydrogens is 256 g/mol. The topological polar surface area (TPSA) is 60.4 Å². The fourth-order valence-corrected chi connectivity index (χ4v) is 3.20. The average Bonchev–Trinajstić information content (AvgIpc) is 2.34. The lowest BCUT2D eigenvalue weighted by Crippen LogP contribution is -2.43. The van der Waals surface area contributed by atoms with Gasteiger partial charge in [0.05, 0.1) is 5.57 Å². The highest BCUT2D eigenvalue weighted by Crippen LogP contribution is 2.49. The van der Waals surface area contributed by atoms with Crippen molar-refractivity contribution in [1.29, 1.82) is 0 Å². The van der Waals surface area contributed by atoms with E-state index in [0.717, 1.165) is 12.0 Å². The second kappa shape index (κ2) is 5.00. The van der Waals surface area contributed by atoms with Crippen LogP contribution >= 0.6 is 0 Å². The van der Waals surface area contributed by atoms with Gasteiger partial charge in [0.25, 0.3) is 0 Å². The quantitative estimate of drug-likeness (QED) is 0.574. The SMILES string of the molecule is CC(=O)OC1CCC2=CC(=O)C(C(C)=O)=CC2(C)C1C. The van der Waals surface area contributed by atoms with E-state index in [4.69, 9.17) is 4.74 Å². The van der Waals surface area contributed by atoms with Crippen molar-refractivity contribution < 1.29 is 19.1 Å². The zero-order valence-corrected chi connectivity index (χ0v) is 12.4. The maximum atomic E-state index is 11.9. The van der Waals surface area contributed by atoms with Gasteiger partial charge in [-0.1, -0.05) is 25.5 Å². The fourth-order valence-electron chi connectivity index (χ4n) is 3.20. The Morgan fingerprint density at radius 1 is 1.35 bits per heavy atom. The van der Waals surface area contributed by atoms with Gasteiger partial charge in [-0.3, -0.25) is 14.4 Å². The normalized spacial score (nSPS) is 32.9. The average molecular weight is 276 g/mol. The number of fused-ring (bicyclic) bond motifs is 1. The molecule has 0 saturated heterocycles. The number of Topliss-reactive ketones (excluding diaryl/α,β-unsaturated/α-hetero) is 1. The van der Waals surface area contributed by atoms with Crippen LogP contribution in [0.3, 0.4) is 0 Å².